The number of cyclic esters (lactones) is 1. The van der Waals surface area contributed by atoms with Gasteiger partial charge < -0.3 is 13.7 Å². The van der Waals surface area contributed by atoms with Gasteiger partial charge in [0, 0.05) is 11.1 Å². The van der Waals surface area contributed by atoms with E-state index >= 15 is 0 Å². The van der Waals surface area contributed by atoms with Crippen LogP contribution in [-0.4, -0.2) is 27.5 Å². The number of carbonyl (C=O) groups is 2. The van der Waals surface area contributed by atoms with Gasteiger partial charge in [-0.05, 0) is 67.6 Å². The molecule has 0 aliphatic carbocycles. The number of aryl methyl sites for hydroxylation is 2. The summed E-state index contributed by atoms with van der Waals surface area (Å²) < 4.78 is 42.4. The van der Waals surface area contributed by atoms with Gasteiger partial charge in [-0.1, -0.05) is 54.6 Å². The number of methoxy groups -OCH3 is 1. The lowest BCUT2D eigenvalue weighted by Gasteiger charge is -2.18. The molecule has 0 unspecified atom stereocenters. The Labute approximate surface area is 222 Å². The second-order valence-electron chi connectivity index (χ2n) is 8.96. The molecule has 7 nitrogen and oxygen atoms in total. The molecule has 0 fully saturated rings. The van der Waals surface area contributed by atoms with Crippen molar-refractivity contribution in [3.63, 3.8) is 0 Å². The van der Waals surface area contributed by atoms with Gasteiger partial charge in [0.05, 0.1) is 12.7 Å². The molecule has 1 aliphatic heterocycles. The second kappa shape index (κ2) is 10.7. The molecule has 0 spiro atoms. The number of esters is 2. The number of rotatable bonds is 8. The van der Waals surface area contributed by atoms with Crippen LogP contribution in [0.2, 0.25) is 0 Å². The second-order valence-corrected chi connectivity index (χ2v) is 10.5. The lowest BCUT2D eigenvalue weighted by Crippen LogP contribution is -2.15. The maximum Gasteiger partial charge on any atom is 0.342 e. The zero-order valence-electron chi connectivity index (χ0n) is 21.7. The van der Waals surface area contributed by atoms with Crippen LogP contribution < -0.4 is 4.18 Å². The summed E-state index contributed by atoms with van der Waals surface area (Å²) in [5.74, 6) is -1.19. The van der Waals surface area contributed by atoms with E-state index in [0.29, 0.717) is 27.8 Å². The van der Waals surface area contributed by atoms with Crippen molar-refractivity contribution in [2.75, 3.05) is 7.11 Å². The van der Waals surface area contributed by atoms with Crippen LogP contribution in [0.5, 0.6) is 5.75 Å². The topological polar surface area (TPSA) is 96.0 Å². The first kappa shape index (κ1) is 26.9. The first-order chi connectivity index (χ1) is 18.1. The predicted molar refractivity (Wildman–Crippen MR) is 145 cm³/mol. The van der Waals surface area contributed by atoms with Crippen molar-refractivity contribution in [3.05, 3.63) is 105 Å². The van der Waals surface area contributed by atoms with Gasteiger partial charge in [0.25, 0.3) is 0 Å². The first-order valence-electron chi connectivity index (χ1n) is 11.9. The quantitative estimate of drug-likeness (QED) is 0.270. The van der Waals surface area contributed by atoms with Crippen LogP contribution in [0, 0.1) is 20.8 Å². The average molecular weight is 533 g/mol. The van der Waals surface area contributed by atoms with Crippen LogP contribution in [0.4, 0.5) is 0 Å². The highest BCUT2D eigenvalue weighted by atomic mass is 32.2. The standard InChI is InChI=1S/C30H28O7S/c1-6-22-20(4)26-17-36-30(32)27(26)28(37-38(33,34)21-15-13-18(2)14-16-21)24(22)11-8-10-23-19(3)9-7-12-25(23)29(31)35-5/h6-10,12-16H,1,11,17H2,2-5H3. The smallest absolute Gasteiger partial charge is 0.342 e. The number of allylic oxidation sites excluding steroid dienone is 1. The van der Waals surface area contributed by atoms with Gasteiger partial charge in [0.2, 0.25) is 0 Å². The van der Waals surface area contributed by atoms with Crippen LogP contribution in [0.1, 0.15) is 59.7 Å². The van der Waals surface area contributed by atoms with Crippen molar-refractivity contribution in [2.45, 2.75) is 38.7 Å². The number of hydrogen-bond acceptors (Lipinski definition) is 7. The van der Waals surface area contributed by atoms with Crippen LogP contribution in [-0.2, 0) is 32.6 Å². The molecule has 0 N–H and O–H groups in total. The van der Waals surface area contributed by atoms with Gasteiger partial charge in [0.1, 0.15) is 17.1 Å². The molecule has 0 saturated carbocycles. The molecule has 0 amide bonds. The molecule has 0 aromatic heterocycles. The summed E-state index contributed by atoms with van der Waals surface area (Å²) in [6, 6.07) is 11.6. The van der Waals surface area contributed by atoms with E-state index in [2.05, 4.69) is 6.58 Å². The molecular weight excluding hydrogens is 504 g/mol. The van der Waals surface area contributed by atoms with E-state index in [4.69, 9.17) is 13.7 Å². The van der Waals surface area contributed by atoms with E-state index < -0.39 is 22.1 Å². The Morgan fingerprint density at radius 2 is 1.79 bits per heavy atom. The van der Waals surface area contributed by atoms with Gasteiger partial charge in [-0.3, -0.25) is 0 Å². The van der Waals surface area contributed by atoms with E-state index in [1.54, 1.807) is 42.5 Å². The molecule has 196 valence electrons. The van der Waals surface area contributed by atoms with Gasteiger partial charge in [0.15, 0.2) is 5.75 Å². The number of hydrogen-bond donors (Lipinski definition) is 0. The van der Waals surface area contributed by atoms with Crippen molar-refractivity contribution in [2.24, 2.45) is 0 Å². The van der Waals surface area contributed by atoms with Gasteiger partial charge in [-0.15, -0.1) is 0 Å². The minimum atomic E-state index is -4.27. The summed E-state index contributed by atoms with van der Waals surface area (Å²) in [5, 5.41) is 0. The molecule has 4 rings (SSSR count). The third-order valence-electron chi connectivity index (χ3n) is 6.58. The summed E-state index contributed by atoms with van der Waals surface area (Å²) in [4.78, 5) is 25.0. The Bertz CT molecular complexity index is 1580. The first-order valence-corrected chi connectivity index (χ1v) is 13.3. The maximum absolute atomic E-state index is 13.3. The molecular formula is C30H28O7S. The Morgan fingerprint density at radius 3 is 2.45 bits per heavy atom. The highest BCUT2D eigenvalue weighted by molar-refractivity contribution is 7.87. The molecule has 1 heterocycles. The summed E-state index contributed by atoms with van der Waals surface area (Å²) in [5.41, 5.74) is 5.37. The van der Waals surface area contributed by atoms with E-state index in [1.165, 1.54) is 19.2 Å². The zero-order valence-corrected chi connectivity index (χ0v) is 22.5. The summed E-state index contributed by atoms with van der Waals surface area (Å²) in [6.07, 6.45) is 5.36. The highest BCUT2D eigenvalue weighted by Gasteiger charge is 2.34. The lowest BCUT2D eigenvalue weighted by atomic mass is 9.90. The number of carbonyl (C=O) groups excluding carboxylic acids is 2. The fourth-order valence-corrected chi connectivity index (χ4v) is 5.48. The van der Waals surface area contributed by atoms with Gasteiger partial charge >= 0.3 is 22.1 Å². The largest absolute Gasteiger partial charge is 0.465 e. The summed E-state index contributed by atoms with van der Waals surface area (Å²) in [6.45, 7) is 9.49. The maximum atomic E-state index is 13.3. The monoisotopic (exact) mass is 532 g/mol. The molecule has 3 aromatic rings. The number of ether oxygens (including phenoxy) is 2. The Hall–Kier alpha value is -4.17. The van der Waals surface area contributed by atoms with E-state index in [1.807, 2.05) is 26.8 Å². The van der Waals surface area contributed by atoms with E-state index in [0.717, 1.165) is 16.7 Å². The number of fused-ring (bicyclic) bond motifs is 1. The predicted octanol–water partition coefficient (Wildman–Crippen LogP) is 5.74. The molecule has 38 heavy (non-hydrogen) atoms. The Kier molecular flexibility index (Phi) is 7.55. The van der Waals surface area contributed by atoms with Crippen LogP contribution in [0.25, 0.3) is 12.2 Å². The van der Waals surface area contributed by atoms with Crippen LogP contribution in [0.15, 0.2) is 60.0 Å². The molecule has 8 heteroatoms. The fraction of sp³-hybridized carbons (Fsp3) is 0.200. The normalized spacial score (nSPS) is 12.8. The third-order valence-corrected chi connectivity index (χ3v) is 7.81. The Balaban J connectivity index is 1.85. The molecule has 0 bridgehead atoms. The Morgan fingerprint density at radius 1 is 1.08 bits per heavy atom. The van der Waals surface area contributed by atoms with Crippen molar-refractivity contribution < 1.29 is 31.7 Å². The van der Waals surface area contributed by atoms with E-state index in [-0.39, 0.29) is 29.2 Å². The SMILES string of the molecule is C=Cc1c(C)c2c(c(OS(=O)(=O)c3ccc(C)cc3)c1CC=Cc1c(C)cccc1C(=O)OC)C(=O)OC2. The molecule has 3 aromatic carbocycles. The average Bonchev–Trinajstić information content (AvgIpc) is 3.28. The van der Waals surface area contributed by atoms with E-state index in [9.17, 15) is 18.0 Å². The minimum Gasteiger partial charge on any atom is -0.465 e. The molecule has 0 radical (unpaired) electrons. The summed E-state index contributed by atoms with van der Waals surface area (Å²) in [7, 11) is -2.95. The molecule has 0 saturated heterocycles. The fourth-order valence-electron chi connectivity index (χ4n) is 4.51. The van der Waals surface area contributed by atoms with Crippen molar-refractivity contribution >= 4 is 34.2 Å². The van der Waals surface area contributed by atoms with Crippen molar-refractivity contribution in [1.82, 2.24) is 0 Å². The van der Waals surface area contributed by atoms with Gasteiger partial charge in [-0.2, -0.15) is 8.42 Å². The minimum absolute atomic E-state index is 0.0175. The molecule has 1 aliphatic rings. The van der Waals surface area contributed by atoms with Gasteiger partial charge in [-0.25, -0.2) is 9.59 Å². The summed E-state index contributed by atoms with van der Waals surface area (Å²) >= 11 is 0. The molecule has 0 atom stereocenters. The van der Waals surface area contributed by atoms with Crippen LogP contribution >= 0.6 is 0 Å². The highest BCUT2D eigenvalue weighted by Crippen LogP contribution is 2.40. The zero-order chi connectivity index (χ0) is 27.6. The van der Waals surface area contributed by atoms with Crippen molar-refractivity contribution in [3.8, 4) is 5.75 Å². The number of benzene rings is 3. The lowest BCUT2D eigenvalue weighted by molar-refractivity contribution is 0.0532. The van der Waals surface area contributed by atoms with Crippen LogP contribution in [0.3, 0.4) is 0 Å². The van der Waals surface area contributed by atoms with Crippen molar-refractivity contribution in [1.29, 1.82) is 0 Å². The third kappa shape index (κ3) is 4.99.